The van der Waals surface area contributed by atoms with Crippen molar-refractivity contribution in [2.24, 2.45) is 17.6 Å². The first-order valence-electron chi connectivity index (χ1n) is 18.4. The number of likely N-dealkylation sites (tertiary alicyclic amines) is 1. The van der Waals surface area contributed by atoms with Crippen molar-refractivity contribution >= 4 is 41.5 Å². The molecule has 1 fully saturated rings. The lowest BCUT2D eigenvalue weighted by molar-refractivity contribution is -0.146. The zero-order chi connectivity index (χ0) is 39.9. The summed E-state index contributed by atoms with van der Waals surface area (Å²) in [5.74, 6) is -6.10. The van der Waals surface area contributed by atoms with Gasteiger partial charge in [0, 0.05) is 19.4 Å². The van der Waals surface area contributed by atoms with Crippen LogP contribution in [0, 0.1) is 11.8 Å². The Morgan fingerprint density at radius 2 is 1.19 bits per heavy atom. The average Bonchev–Trinajstić information content (AvgIpc) is 3.60. The molecule has 6 atom stereocenters. The highest BCUT2D eigenvalue weighted by Crippen LogP contribution is 2.20. The Morgan fingerprint density at radius 1 is 0.685 bits per heavy atom. The fraction of sp³-hybridized carbons (Fsp3) is 0.513. The molecule has 0 unspecified atom stereocenters. The summed E-state index contributed by atoms with van der Waals surface area (Å²) < 4.78 is 0. The largest absolute Gasteiger partial charge is 0.481 e. The van der Waals surface area contributed by atoms with Gasteiger partial charge >= 0.3 is 11.9 Å². The minimum absolute atomic E-state index is 0.0201. The fourth-order valence-corrected chi connectivity index (χ4v) is 6.40. The van der Waals surface area contributed by atoms with Gasteiger partial charge in [0.25, 0.3) is 0 Å². The molecule has 54 heavy (non-hydrogen) atoms. The molecule has 0 spiro atoms. The first-order chi connectivity index (χ1) is 25.5. The summed E-state index contributed by atoms with van der Waals surface area (Å²) >= 11 is 0. The van der Waals surface area contributed by atoms with Gasteiger partial charge in [-0.25, -0.2) is 4.79 Å². The smallest absolute Gasteiger partial charge is 0.326 e. The standard InChI is InChI=1S/C39H54N6O9/c1-23(2)18-27(40)34(48)43-30(22-33(46)47)38(52)45-17-11-16-32(45)37(51)42-29(20-25-12-7-5-8-13-25)36(50)41-28(19-24(3)4)35(49)44-31(39(53)54)21-26-14-9-6-10-15-26/h5-10,12-15,23-24,27-32H,11,16-22,40H2,1-4H3,(H,41,50)(H,42,51)(H,43,48)(H,44,49)(H,46,47)(H,53,54)/t27-,28-,29-,30-,31-,32-/m0/s1. The zero-order valence-corrected chi connectivity index (χ0v) is 31.3. The number of carbonyl (C=O) groups excluding carboxylic acids is 5. The van der Waals surface area contributed by atoms with E-state index in [1.807, 2.05) is 27.7 Å². The number of rotatable bonds is 20. The van der Waals surface area contributed by atoms with Crippen molar-refractivity contribution in [2.45, 2.75) is 109 Å². The monoisotopic (exact) mass is 750 g/mol. The summed E-state index contributed by atoms with van der Waals surface area (Å²) in [6.45, 7) is 7.54. The number of hydrogen-bond donors (Lipinski definition) is 7. The molecule has 2 aromatic carbocycles. The summed E-state index contributed by atoms with van der Waals surface area (Å²) in [6.07, 6.45) is 0.424. The van der Waals surface area contributed by atoms with Crippen LogP contribution < -0.4 is 27.0 Å². The van der Waals surface area contributed by atoms with Gasteiger partial charge < -0.3 is 42.1 Å². The third kappa shape index (κ3) is 13.6. The number of amides is 5. The molecule has 0 saturated carbocycles. The quantitative estimate of drug-likeness (QED) is 0.103. The van der Waals surface area contributed by atoms with Crippen molar-refractivity contribution < 1.29 is 43.8 Å². The molecular weight excluding hydrogens is 696 g/mol. The maximum absolute atomic E-state index is 14.0. The summed E-state index contributed by atoms with van der Waals surface area (Å²) in [6, 6.07) is 10.5. The normalized spacial score (nSPS) is 16.8. The van der Waals surface area contributed by atoms with Crippen molar-refractivity contribution in [3.63, 3.8) is 0 Å². The summed E-state index contributed by atoms with van der Waals surface area (Å²) in [7, 11) is 0. The van der Waals surface area contributed by atoms with E-state index in [2.05, 4.69) is 21.3 Å². The van der Waals surface area contributed by atoms with Crippen LogP contribution in [0.1, 0.15) is 70.9 Å². The van der Waals surface area contributed by atoms with Crippen LogP contribution >= 0.6 is 0 Å². The summed E-state index contributed by atoms with van der Waals surface area (Å²) in [5.41, 5.74) is 7.38. The van der Waals surface area contributed by atoms with E-state index in [-0.39, 0.29) is 44.1 Å². The van der Waals surface area contributed by atoms with Gasteiger partial charge in [0.15, 0.2) is 0 Å². The van der Waals surface area contributed by atoms with E-state index < -0.39 is 84.1 Å². The van der Waals surface area contributed by atoms with Crippen molar-refractivity contribution in [1.82, 2.24) is 26.2 Å². The highest BCUT2D eigenvalue weighted by atomic mass is 16.4. The number of nitrogens with one attached hydrogen (secondary N) is 4. The molecule has 0 aromatic heterocycles. The van der Waals surface area contributed by atoms with Crippen LogP contribution in [0.5, 0.6) is 0 Å². The molecule has 0 aliphatic carbocycles. The third-order valence-corrected chi connectivity index (χ3v) is 9.05. The predicted molar refractivity (Wildman–Crippen MR) is 200 cm³/mol. The Balaban J connectivity index is 1.82. The van der Waals surface area contributed by atoms with Crippen molar-refractivity contribution in [3.05, 3.63) is 71.8 Å². The molecule has 1 aliphatic heterocycles. The van der Waals surface area contributed by atoms with Crippen molar-refractivity contribution in [3.8, 4) is 0 Å². The SMILES string of the molecule is CC(C)C[C@H](NC(=O)[C@H](Cc1ccccc1)NC(=O)[C@@H]1CCCN1C(=O)[C@H](CC(=O)O)NC(=O)[C@@H](N)CC(C)C)C(=O)N[C@@H](Cc1ccccc1)C(=O)O. The maximum atomic E-state index is 14.0. The van der Waals surface area contributed by atoms with Gasteiger partial charge in [-0.1, -0.05) is 88.4 Å². The fourth-order valence-electron chi connectivity index (χ4n) is 6.40. The second kappa shape index (κ2) is 20.8. The maximum Gasteiger partial charge on any atom is 0.326 e. The number of benzene rings is 2. The van der Waals surface area contributed by atoms with Crippen LogP contribution in [0.25, 0.3) is 0 Å². The lowest BCUT2D eigenvalue weighted by Crippen LogP contribution is -2.59. The van der Waals surface area contributed by atoms with Crippen LogP contribution in [-0.2, 0) is 46.4 Å². The van der Waals surface area contributed by atoms with Gasteiger partial charge in [0.05, 0.1) is 12.5 Å². The predicted octanol–water partition coefficient (Wildman–Crippen LogP) is 1.38. The van der Waals surface area contributed by atoms with Gasteiger partial charge in [0.1, 0.15) is 30.2 Å². The summed E-state index contributed by atoms with van der Waals surface area (Å²) in [5, 5.41) is 29.9. The lowest BCUT2D eigenvalue weighted by Gasteiger charge is -2.30. The number of nitrogens with zero attached hydrogens (tertiary/aromatic N) is 1. The molecule has 2 aromatic rings. The number of carboxylic acid groups (broad SMARTS) is 2. The molecule has 1 heterocycles. The average molecular weight is 751 g/mol. The van der Waals surface area contributed by atoms with E-state index >= 15 is 0 Å². The molecular formula is C39H54N6O9. The molecule has 0 radical (unpaired) electrons. The highest BCUT2D eigenvalue weighted by Gasteiger charge is 2.40. The first-order valence-corrected chi connectivity index (χ1v) is 18.4. The number of carboxylic acids is 2. The van der Waals surface area contributed by atoms with E-state index in [1.54, 1.807) is 60.7 Å². The Hall–Kier alpha value is -5.31. The molecule has 15 heteroatoms. The molecule has 8 N–H and O–H groups in total. The summed E-state index contributed by atoms with van der Waals surface area (Å²) in [4.78, 5) is 93.0. The van der Waals surface area contributed by atoms with E-state index in [9.17, 15) is 43.8 Å². The molecule has 1 saturated heterocycles. The minimum Gasteiger partial charge on any atom is -0.481 e. The Kier molecular flexibility index (Phi) is 16.6. The lowest BCUT2D eigenvalue weighted by atomic mass is 9.99. The molecule has 15 nitrogen and oxygen atoms in total. The van der Waals surface area contributed by atoms with Crippen LogP contribution in [0.4, 0.5) is 0 Å². The number of hydrogen-bond acceptors (Lipinski definition) is 8. The number of aliphatic carboxylic acids is 2. The van der Waals surface area contributed by atoms with E-state index in [0.29, 0.717) is 24.0 Å². The Labute approximate surface area is 315 Å². The van der Waals surface area contributed by atoms with E-state index in [0.717, 1.165) is 0 Å². The molecule has 5 amide bonds. The number of nitrogens with two attached hydrogens (primary N) is 1. The van der Waals surface area contributed by atoms with Crippen molar-refractivity contribution in [2.75, 3.05) is 6.54 Å². The zero-order valence-electron chi connectivity index (χ0n) is 31.3. The van der Waals surface area contributed by atoms with Gasteiger partial charge in [-0.3, -0.25) is 28.8 Å². The topological polar surface area (TPSA) is 237 Å². The van der Waals surface area contributed by atoms with Crippen LogP contribution in [0.2, 0.25) is 0 Å². The Bertz CT molecular complexity index is 1600. The van der Waals surface area contributed by atoms with Crippen LogP contribution in [0.15, 0.2) is 60.7 Å². The van der Waals surface area contributed by atoms with Crippen LogP contribution in [0.3, 0.4) is 0 Å². The molecule has 294 valence electrons. The van der Waals surface area contributed by atoms with Crippen molar-refractivity contribution in [1.29, 1.82) is 0 Å². The number of carbonyl (C=O) groups is 7. The molecule has 3 rings (SSSR count). The van der Waals surface area contributed by atoms with Gasteiger partial charge in [-0.05, 0) is 48.6 Å². The third-order valence-electron chi connectivity index (χ3n) is 9.05. The Morgan fingerprint density at radius 3 is 1.70 bits per heavy atom. The van der Waals surface area contributed by atoms with E-state index in [4.69, 9.17) is 5.73 Å². The van der Waals surface area contributed by atoms with Gasteiger partial charge in [-0.15, -0.1) is 0 Å². The first kappa shape index (κ1) is 43.1. The van der Waals surface area contributed by atoms with E-state index in [1.165, 1.54) is 4.90 Å². The second-order valence-electron chi connectivity index (χ2n) is 14.6. The molecule has 1 aliphatic rings. The molecule has 0 bridgehead atoms. The minimum atomic E-state index is -1.48. The van der Waals surface area contributed by atoms with Gasteiger partial charge in [0.2, 0.25) is 29.5 Å². The second-order valence-corrected chi connectivity index (χ2v) is 14.6. The highest BCUT2D eigenvalue weighted by molar-refractivity contribution is 5.97. The van der Waals surface area contributed by atoms with Gasteiger partial charge in [-0.2, -0.15) is 0 Å². The van der Waals surface area contributed by atoms with Crippen LogP contribution in [-0.4, -0.2) is 99.4 Å².